The van der Waals surface area contributed by atoms with Crippen molar-refractivity contribution < 1.29 is 33.7 Å². The molecule has 3 atom stereocenters. The molecule has 1 aromatic carbocycles. The lowest BCUT2D eigenvalue weighted by molar-refractivity contribution is -0.181. The summed E-state index contributed by atoms with van der Waals surface area (Å²) < 4.78 is 15.6. The van der Waals surface area contributed by atoms with Crippen molar-refractivity contribution in [3.05, 3.63) is 64.6 Å². The Bertz CT molecular complexity index is 963. The number of carbonyl (C=O) groups excluding carboxylic acids is 3. The summed E-state index contributed by atoms with van der Waals surface area (Å²) in [6.07, 6.45) is 5.08. The zero-order chi connectivity index (χ0) is 23.1. The number of benzene rings is 1. The summed E-state index contributed by atoms with van der Waals surface area (Å²) in [6, 6.07) is 7.86. The molecule has 32 heavy (non-hydrogen) atoms. The summed E-state index contributed by atoms with van der Waals surface area (Å²) in [7, 11) is 0. The van der Waals surface area contributed by atoms with E-state index in [0.717, 1.165) is 15.4 Å². The lowest BCUT2D eigenvalue weighted by Crippen LogP contribution is -2.33. The van der Waals surface area contributed by atoms with E-state index in [2.05, 4.69) is 0 Å². The SMILES string of the molecule is C/C=C/C(=O)OC(CC)OCC(O)COC(=O)C1C=CC2=C(Cc3ccccc3S2)C1=O. The maximum Gasteiger partial charge on any atom is 0.332 e. The summed E-state index contributed by atoms with van der Waals surface area (Å²) >= 11 is 1.52. The molecule has 0 bridgehead atoms. The van der Waals surface area contributed by atoms with Crippen LogP contribution >= 0.6 is 11.8 Å². The van der Waals surface area contributed by atoms with Crippen LogP contribution in [-0.2, 0) is 35.0 Å². The highest BCUT2D eigenvalue weighted by atomic mass is 32.2. The second-order valence-electron chi connectivity index (χ2n) is 7.32. The van der Waals surface area contributed by atoms with Crippen LogP contribution in [0, 0.1) is 5.92 Å². The molecule has 1 aliphatic heterocycles. The van der Waals surface area contributed by atoms with Gasteiger partial charge in [0.15, 0.2) is 5.78 Å². The van der Waals surface area contributed by atoms with E-state index in [1.54, 1.807) is 32.1 Å². The topological polar surface area (TPSA) is 99.1 Å². The number of aliphatic hydroxyl groups excluding tert-OH is 1. The fourth-order valence-electron chi connectivity index (χ4n) is 3.27. The first-order chi connectivity index (χ1) is 15.4. The number of fused-ring (bicyclic) bond motifs is 1. The number of hydrogen-bond acceptors (Lipinski definition) is 8. The monoisotopic (exact) mass is 458 g/mol. The molecule has 1 aromatic rings. The van der Waals surface area contributed by atoms with Gasteiger partial charge in [0.2, 0.25) is 6.29 Å². The molecule has 0 radical (unpaired) electrons. The highest BCUT2D eigenvalue weighted by molar-refractivity contribution is 8.03. The van der Waals surface area contributed by atoms with E-state index in [0.29, 0.717) is 18.4 Å². The predicted molar refractivity (Wildman–Crippen MR) is 119 cm³/mol. The first kappa shape index (κ1) is 24.0. The molecule has 7 nitrogen and oxygen atoms in total. The predicted octanol–water partition coefficient (Wildman–Crippen LogP) is 3.12. The van der Waals surface area contributed by atoms with Gasteiger partial charge in [0.1, 0.15) is 18.6 Å². The Morgan fingerprint density at radius 3 is 2.81 bits per heavy atom. The second-order valence-corrected chi connectivity index (χ2v) is 8.41. The van der Waals surface area contributed by atoms with Gasteiger partial charge in [-0.15, -0.1) is 0 Å². The molecule has 0 saturated carbocycles. The van der Waals surface area contributed by atoms with Crippen molar-refractivity contribution in [3.8, 4) is 0 Å². The average Bonchev–Trinajstić information content (AvgIpc) is 2.79. The summed E-state index contributed by atoms with van der Waals surface area (Å²) in [5.74, 6) is -2.56. The van der Waals surface area contributed by atoms with Crippen molar-refractivity contribution in [1.29, 1.82) is 0 Å². The van der Waals surface area contributed by atoms with E-state index in [9.17, 15) is 19.5 Å². The largest absolute Gasteiger partial charge is 0.462 e. The molecule has 0 saturated heterocycles. The third kappa shape index (κ3) is 5.97. The number of carbonyl (C=O) groups is 3. The zero-order valence-corrected chi connectivity index (χ0v) is 18.8. The van der Waals surface area contributed by atoms with E-state index in [4.69, 9.17) is 14.2 Å². The number of allylic oxidation sites excluding steroid dienone is 3. The van der Waals surface area contributed by atoms with E-state index in [-0.39, 0.29) is 19.0 Å². The van der Waals surface area contributed by atoms with Gasteiger partial charge in [-0.1, -0.05) is 55.1 Å². The van der Waals surface area contributed by atoms with Gasteiger partial charge in [-0.3, -0.25) is 9.59 Å². The van der Waals surface area contributed by atoms with Crippen LogP contribution in [0.4, 0.5) is 0 Å². The number of rotatable bonds is 9. The van der Waals surface area contributed by atoms with Crippen LogP contribution < -0.4 is 0 Å². The van der Waals surface area contributed by atoms with Crippen LogP contribution in [0.3, 0.4) is 0 Å². The first-order valence-electron chi connectivity index (χ1n) is 10.4. The quantitative estimate of drug-likeness (QED) is 0.261. The zero-order valence-electron chi connectivity index (χ0n) is 18.0. The highest BCUT2D eigenvalue weighted by Gasteiger charge is 2.35. The third-order valence-electron chi connectivity index (χ3n) is 4.91. The molecule has 2 aliphatic rings. The molecule has 1 N–H and O–H groups in total. The average molecular weight is 459 g/mol. The minimum absolute atomic E-state index is 0.188. The van der Waals surface area contributed by atoms with Gasteiger partial charge >= 0.3 is 11.9 Å². The Labute approximate surface area is 191 Å². The number of thioether (sulfide) groups is 1. The summed E-state index contributed by atoms with van der Waals surface area (Å²) in [4.78, 5) is 38.8. The van der Waals surface area contributed by atoms with Crippen molar-refractivity contribution in [3.63, 3.8) is 0 Å². The van der Waals surface area contributed by atoms with Crippen molar-refractivity contribution >= 4 is 29.5 Å². The molecule has 0 amide bonds. The van der Waals surface area contributed by atoms with Gasteiger partial charge in [-0.25, -0.2) is 4.79 Å². The van der Waals surface area contributed by atoms with Gasteiger partial charge in [-0.05, 0) is 18.6 Å². The van der Waals surface area contributed by atoms with Gasteiger partial charge in [0, 0.05) is 34.3 Å². The van der Waals surface area contributed by atoms with E-state index >= 15 is 0 Å². The molecule has 170 valence electrons. The fraction of sp³-hybridized carbons (Fsp3) is 0.375. The molecule has 3 rings (SSSR count). The first-order valence-corrected chi connectivity index (χ1v) is 11.3. The maximum absolute atomic E-state index is 12.9. The van der Waals surface area contributed by atoms with Gasteiger partial charge in [-0.2, -0.15) is 0 Å². The molecule has 1 heterocycles. The van der Waals surface area contributed by atoms with E-state index in [1.165, 1.54) is 17.8 Å². The van der Waals surface area contributed by atoms with Crippen molar-refractivity contribution in [2.75, 3.05) is 13.2 Å². The number of ketones is 1. The minimum atomic E-state index is -1.12. The number of ether oxygens (including phenoxy) is 3. The molecule has 0 aromatic heterocycles. The Morgan fingerprint density at radius 2 is 2.06 bits per heavy atom. The van der Waals surface area contributed by atoms with Crippen molar-refractivity contribution in [1.82, 2.24) is 0 Å². The molecule has 3 unspecified atom stereocenters. The van der Waals surface area contributed by atoms with Crippen molar-refractivity contribution in [2.45, 2.75) is 44.0 Å². The number of Topliss-reactive ketones (excluding diaryl/α,β-unsaturated/α-hetero) is 1. The standard InChI is InChI=1S/C24H26O7S/c1-3-7-21(26)31-22(4-2)29-13-16(25)14-30-24(28)17-10-11-20-18(23(17)27)12-15-8-5-6-9-19(15)32-20/h3,5-11,16-17,22,25H,4,12-14H2,1-2H3/b7-3+. The Morgan fingerprint density at radius 1 is 1.28 bits per heavy atom. The molecule has 0 fully saturated rings. The number of aliphatic hydroxyl groups is 1. The van der Waals surface area contributed by atoms with Gasteiger partial charge < -0.3 is 19.3 Å². The highest BCUT2D eigenvalue weighted by Crippen LogP contribution is 2.42. The normalized spacial score (nSPS) is 19.3. The Kier molecular flexibility index (Phi) is 8.44. The number of hydrogen-bond donors (Lipinski definition) is 1. The minimum Gasteiger partial charge on any atom is -0.462 e. The van der Waals surface area contributed by atoms with Crippen LogP contribution in [0.25, 0.3) is 0 Å². The Balaban J connectivity index is 1.48. The van der Waals surface area contributed by atoms with Crippen LogP contribution in [0.5, 0.6) is 0 Å². The molecular weight excluding hydrogens is 432 g/mol. The van der Waals surface area contributed by atoms with Crippen LogP contribution in [0.1, 0.15) is 25.8 Å². The van der Waals surface area contributed by atoms with Crippen molar-refractivity contribution in [2.24, 2.45) is 5.92 Å². The third-order valence-corrected chi connectivity index (χ3v) is 6.13. The molecule has 1 aliphatic carbocycles. The van der Waals surface area contributed by atoms with Gasteiger partial charge in [0.05, 0.1) is 6.61 Å². The molecule has 0 spiro atoms. The van der Waals surface area contributed by atoms with Crippen LogP contribution in [0.2, 0.25) is 0 Å². The number of esters is 2. The van der Waals surface area contributed by atoms with Crippen LogP contribution in [0.15, 0.2) is 63.9 Å². The van der Waals surface area contributed by atoms with Gasteiger partial charge in [0.25, 0.3) is 0 Å². The smallest absolute Gasteiger partial charge is 0.332 e. The molecule has 8 heteroatoms. The molecular formula is C24H26O7S. The maximum atomic E-state index is 12.9. The lowest BCUT2D eigenvalue weighted by Gasteiger charge is -2.25. The summed E-state index contributed by atoms with van der Waals surface area (Å²) in [5, 5.41) is 10.1. The van der Waals surface area contributed by atoms with E-state index < -0.39 is 30.3 Å². The fourth-order valence-corrected chi connectivity index (χ4v) is 4.37. The van der Waals surface area contributed by atoms with Crippen LogP contribution in [-0.4, -0.2) is 48.4 Å². The summed E-state index contributed by atoms with van der Waals surface area (Å²) in [6.45, 7) is 2.94. The Hall–Kier alpha value is -2.68. The second kappa shape index (κ2) is 11.3. The van der Waals surface area contributed by atoms with E-state index in [1.807, 2.05) is 24.3 Å². The lowest BCUT2D eigenvalue weighted by atomic mass is 9.88. The summed E-state index contributed by atoms with van der Waals surface area (Å²) in [5.41, 5.74) is 1.66.